The minimum Gasteiger partial charge on any atom is -0.432 e. The van der Waals surface area contributed by atoms with Crippen LogP contribution in [0.15, 0.2) is 11.8 Å². The Balaban J connectivity index is 3.48. The van der Waals surface area contributed by atoms with E-state index < -0.39 is 0 Å². The van der Waals surface area contributed by atoms with Crippen molar-refractivity contribution in [2.75, 3.05) is 0 Å². The fraction of sp³-hybridized carbons (Fsp3) is 0.700. The van der Waals surface area contributed by atoms with Crippen LogP contribution in [-0.4, -0.2) is 5.97 Å². The van der Waals surface area contributed by atoms with Crippen LogP contribution in [0.1, 0.15) is 46.5 Å². The van der Waals surface area contributed by atoms with E-state index in [4.69, 9.17) is 4.74 Å². The Morgan fingerprint density at radius 1 is 1.33 bits per heavy atom. The van der Waals surface area contributed by atoms with Crippen LogP contribution < -0.4 is 0 Å². The number of hydrogen-bond donors (Lipinski definition) is 0. The molecule has 0 rings (SSSR count). The zero-order valence-electron chi connectivity index (χ0n) is 8.22. The molecule has 0 saturated heterocycles. The van der Waals surface area contributed by atoms with Gasteiger partial charge in [-0.15, -0.1) is 0 Å². The second kappa shape index (κ2) is 6.89. The largest absolute Gasteiger partial charge is 0.432 e. The molecule has 2 heteroatoms. The van der Waals surface area contributed by atoms with Crippen LogP contribution in [0.5, 0.6) is 0 Å². The number of allylic oxidation sites excluding steroid dienone is 2. The van der Waals surface area contributed by atoms with Crippen molar-refractivity contribution in [1.29, 1.82) is 0 Å². The van der Waals surface area contributed by atoms with Crippen molar-refractivity contribution < 1.29 is 9.53 Å². The molecule has 0 aliphatic rings. The van der Waals surface area contributed by atoms with Crippen LogP contribution in [0, 0.1) is 0 Å². The van der Waals surface area contributed by atoms with Crippen molar-refractivity contribution in [3.8, 4) is 0 Å². The molecule has 70 valence electrons. The van der Waals surface area contributed by atoms with Gasteiger partial charge in [-0.1, -0.05) is 19.8 Å². The van der Waals surface area contributed by atoms with Crippen molar-refractivity contribution in [3.05, 3.63) is 11.8 Å². The summed E-state index contributed by atoms with van der Waals surface area (Å²) < 4.78 is 4.85. The third kappa shape index (κ3) is 7.32. The van der Waals surface area contributed by atoms with Gasteiger partial charge in [0.05, 0.1) is 0 Å². The third-order valence-electron chi connectivity index (χ3n) is 1.54. The quantitative estimate of drug-likeness (QED) is 0.360. The van der Waals surface area contributed by atoms with E-state index >= 15 is 0 Å². The van der Waals surface area contributed by atoms with Crippen LogP contribution in [0.4, 0.5) is 0 Å². The van der Waals surface area contributed by atoms with E-state index in [2.05, 4.69) is 6.92 Å². The van der Waals surface area contributed by atoms with Crippen molar-refractivity contribution in [3.63, 3.8) is 0 Å². The molecule has 0 saturated carbocycles. The molecule has 2 nitrogen and oxygen atoms in total. The minimum absolute atomic E-state index is 0.237. The van der Waals surface area contributed by atoms with Gasteiger partial charge >= 0.3 is 5.97 Å². The Kier molecular flexibility index (Phi) is 6.44. The highest BCUT2D eigenvalue weighted by Gasteiger charge is 1.93. The Morgan fingerprint density at radius 3 is 2.50 bits per heavy atom. The molecule has 0 fully saturated rings. The first-order valence-electron chi connectivity index (χ1n) is 4.52. The van der Waals surface area contributed by atoms with Crippen LogP contribution in [0.2, 0.25) is 0 Å². The molecule has 0 N–H and O–H groups in total. The first kappa shape index (κ1) is 11.2. The summed E-state index contributed by atoms with van der Waals surface area (Å²) in [5.74, 6) is 0.484. The lowest BCUT2D eigenvalue weighted by Crippen LogP contribution is -1.95. The van der Waals surface area contributed by atoms with Crippen LogP contribution >= 0.6 is 0 Å². The van der Waals surface area contributed by atoms with Gasteiger partial charge in [-0.3, -0.25) is 4.79 Å². The summed E-state index contributed by atoms with van der Waals surface area (Å²) in [6.07, 6.45) is 6.61. The molecule has 0 aromatic rings. The molecule has 0 radical (unpaired) electrons. The fourth-order valence-corrected chi connectivity index (χ4v) is 0.968. The van der Waals surface area contributed by atoms with Gasteiger partial charge in [0.25, 0.3) is 0 Å². The van der Waals surface area contributed by atoms with Gasteiger partial charge in [0, 0.05) is 6.92 Å². The Morgan fingerprint density at radius 2 is 2.00 bits per heavy atom. The van der Waals surface area contributed by atoms with Gasteiger partial charge in [-0.25, -0.2) is 0 Å². The average molecular weight is 170 g/mol. The first-order valence-corrected chi connectivity index (χ1v) is 4.52. The molecule has 0 bridgehead atoms. The normalized spacial score (nSPS) is 11.4. The highest BCUT2D eigenvalue weighted by Crippen LogP contribution is 2.04. The smallest absolute Gasteiger partial charge is 0.307 e. The first-order chi connectivity index (χ1) is 5.66. The minimum atomic E-state index is -0.237. The number of carbonyl (C=O) groups excluding carboxylic acids is 1. The van der Waals surface area contributed by atoms with E-state index in [-0.39, 0.29) is 5.97 Å². The van der Waals surface area contributed by atoms with Crippen molar-refractivity contribution in [1.82, 2.24) is 0 Å². The Bertz CT molecular complexity index is 159. The van der Waals surface area contributed by atoms with Gasteiger partial charge in [-0.05, 0) is 25.8 Å². The van der Waals surface area contributed by atoms with Gasteiger partial charge in [0.15, 0.2) is 0 Å². The predicted molar refractivity (Wildman–Crippen MR) is 49.7 cm³/mol. The zero-order valence-corrected chi connectivity index (χ0v) is 8.22. The number of ether oxygens (including phenoxy) is 1. The SMILES string of the molecule is CCCCCC=C(C)OC(C)=O. The average Bonchev–Trinajstić information content (AvgIpc) is 1.97. The van der Waals surface area contributed by atoms with Crippen molar-refractivity contribution in [2.24, 2.45) is 0 Å². The van der Waals surface area contributed by atoms with E-state index in [0.717, 1.165) is 12.2 Å². The lowest BCUT2D eigenvalue weighted by molar-refractivity contribution is -0.136. The zero-order chi connectivity index (χ0) is 9.40. The maximum absolute atomic E-state index is 10.5. The highest BCUT2D eigenvalue weighted by atomic mass is 16.5. The summed E-state index contributed by atoms with van der Waals surface area (Å²) in [6, 6.07) is 0. The molecule has 0 aliphatic carbocycles. The third-order valence-corrected chi connectivity index (χ3v) is 1.54. The number of unbranched alkanes of at least 4 members (excludes halogenated alkanes) is 3. The van der Waals surface area contributed by atoms with Gasteiger partial charge in [-0.2, -0.15) is 0 Å². The number of carbonyl (C=O) groups is 1. The molecule has 0 unspecified atom stereocenters. The molecule has 0 amide bonds. The molecule has 0 spiro atoms. The van der Waals surface area contributed by atoms with E-state index in [1.807, 2.05) is 13.0 Å². The van der Waals surface area contributed by atoms with Crippen molar-refractivity contribution >= 4 is 5.97 Å². The molecule has 0 aliphatic heterocycles. The molecule has 12 heavy (non-hydrogen) atoms. The lowest BCUT2D eigenvalue weighted by atomic mass is 10.2. The highest BCUT2D eigenvalue weighted by molar-refractivity contribution is 5.67. The van der Waals surface area contributed by atoms with E-state index in [0.29, 0.717) is 0 Å². The maximum Gasteiger partial charge on any atom is 0.307 e. The summed E-state index contributed by atoms with van der Waals surface area (Å²) in [7, 11) is 0. The standard InChI is InChI=1S/C10H18O2/c1-4-5-6-7-8-9(2)12-10(3)11/h8H,4-7H2,1-3H3. The van der Waals surface area contributed by atoms with E-state index in [1.165, 1.54) is 26.2 Å². The number of hydrogen-bond acceptors (Lipinski definition) is 2. The Hall–Kier alpha value is -0.790. The predicted octanol–water partition coefficient (Wildman–Crippen LogP) is 3.03. The van der Waals surface area contributed by atoms with Crippen LogP contribution in [0.25, 0.3) is 0 Å². The summed E-state index contributed by atoms with van der Waals surface area (Å²) in [4.78, 5) is 10.5. The second-order valence-corrected chi connectivity index (χ2v) is 2.90. The monoisotopic (exact) mass is 170 g/mol. The molecular formula is C10H18O2. The van der Waals surface area contributed by atoms with Crippen LogP contribution in [-0.2, 0) is 9.53 Å². The molecule has 0 aromatic carbocycles. The van der Waals surface area contributed by atoms with Crippen molar-refractivity contribution in [2.45, 2.75) is 46.5 Å². The second-order valence-electron chi connectivity index (χ2n) is 2.90. The summed E-state index contributed by atoms with van der Waals surface area (Å²) in [5.41, 5.74) is 0. The topological polar surface area (TPSA) is 26.3 Å². The molecule has 0 heterocycles. The van der Waals surface area contributed by atoms with Crippen LogP contribution in [0.3, 0.4) is 0 Å². The van der Waals surface area contributed by atoms with Gasteiger partial charge < -0.3 is 4.74 Å². The fourth-order valence-electron chi connectivity index (χ4n) is 0.968. The number of esters is 1. The summed E-state index contributed by atoms with van der Waals surface area (Å²) >= 11 is 0. The van der Waals surface area contributed by atoms with Gasteiger partial charge in [0.2, 0.25) is 0 Å². The number of rotatable bonds is 5. The Labute approximate surface area is 74.6 Å². The van der Waals surface area contributed by atoms with E-state index in [1.54, 1.807) is 0 Å². The van der Waals surface area contributed by atoms with Gasteiger partial charge in [0.1, 0.15) is 5.76 Å². The summed E-state index contributed by atoms with van der Waals surface area (Å²) in [5, 5.41) is 0. The molecular weight excluding hydrogens is 152 g/mol. The molecule has 0 atom stereocenters. The van der Waals surface area contributed by atoms with E-state index in [9.17, 15) is 4.79 Å². The maximum atomic E-state index is 10.5. The summed E-state index contributed by atoms with van der Waals surface area (Å²) in [6.45, 7) is 5.40. The molecule has 0 aromatic heterocycles. The lowest BCUT2D eigenvalue weighted by Gasteiger charge is -1.99.